The van der Waals surface area contributed by atoms with Crippen molar-refractivity contribution < 1.29 is 28.0 Å². The molecular weight excluding hydrogens is 550 g/mol. The minimum absolute atomic E-state index is 0.0580. The number of aryl methyl sites for hydroxylation is 2. The van der Waals surface area contributed by atoms with E-state index in [-0.39, 0.29) is 18.2 Å². The molecule has 38 heavy (non-hydrogen) atoms. The van der Waals surface area contributed by atoms with E-state index in [1.807, 2.05) is 24.8 Å². The van der Waals surface area contributed by atoms with Gasteiger partial charge in [-0.15, -0.1) is 17.8 Å². The minimum Gasteiger partial charge on any atom is -0.496 e. The van der Waals surface area contributed by atoms with Crippen LogP contribution in [-0.2, 0) is 15.7 Å². The second-order valence-corrected chi connectivity index (χ2v) is 12.2. The monoisotopic (exact) mass is 578 g/mol. The van der Waals surface area contributed by atoms with Gasteiger partial charge in [-0.2, -0.15) is 0 Å². The fourth-order valence-corrected chi connectivity index (χ4v) is 5.91. The van der Waals surface area contributed by atoms with Gasteiger partial charge in [-0.1, -0.05) is 42.5 Å². The van der Waals surface area contributed by atoms with E-state index in [1.165, 1.54) is 23.5 Å². The van der Waals surface area contributed by atoms with Gasteiger partial charge < -0.3 is 19.4 Å². The summed E-state index contributed by atoms with van der Waals surface area (Å²) in [5.74, 6) is 3.32. The predicted octanol–water partition coefficient (Wildman–Crippen LogP) is 6.82. The zero-order valence-corrected chi connectivity index (χ0v) is 23.7. The number of ether oxygens (including phenoxy) is 1. The molecule has 2 N–H and O–H groups in total. The van der Waals surface area contributed by atoms with Crippen molar-refractivity contribution in [3.63, 3.8) is 0 Å². The average Bonchev–Trinajstić information content (AvgIpc) is 3.60. The van der Waals surface area contributed by atoms with Crippen LogP contribution in [0.5, 0.6) is 5.75 Å². The van der Waals surface area contributed by atoms with E-state index in [0.717, 1.165) is 41.0 Å². The van der Waals surface area contributed by atoms with Gasteiger partial charge in [-0.05, 0) is 55.5 Å². The summed E-state index contributed by atoms with van der Waals surface area (Å²) < 4.78 is 35.9. The second-order valence-electron chi connectivity index (χ2n) is 9.34. The van der Waals surface area contributed by atoms with Crippen LogP contribution in [0.4, 0.5) is 9.52 Å². The Balaban J connectivity index is 1.71. The summed E-state index contributed by atoms with van der Waals surface area (Å²) in [6, 6.07) is 8.13. The molecule has 1 aromatic heterocycles. The quantitative estimate of drug-likeness (QED) is 0.190. The van der Waals surface area contributed by atoms with Crippen LogP contribution in [0.2, 0.25) is 5.02 Å². The van der Waals surface area contributed by atoms with Gasteiger partial charge in [0.2, 0.25) is 0 Å². The van der Waals surface area contributed by atoms with Crippen molar-refractivity contribution in [3.05, 3.63) is 62.7 Å². The molecule has 0 spiro atoms. The zero-order chi connectivity index (χ0) is 27.6. The van der Waals surface area contributed by atoms with Crippen molar-refractivity contribution in [2.24, 2.45) is 5.92 Å². The lowest BCUT2D eigenvalue weighted by Gasteiger charge is -2.31. The number of phosphoric acid groups is 1. The van der Waals surface area contributed by atoms with Crippen molar-refractivity contribution in [3.8, 4) is 29.4 Å². The molecule has 2 aromatic carbocycles. The average molecular weight is 579 g/mol. The standard InChI is InChI=1S/C27H29ClFN2O5PS/c1-5-10-31(27-30-26(17(3)38-27)21-11-16(2)25(35-4)14-22(21)28)24(12-18-6-7-18)19-8-9-20(23(29)13-19)15-36-37(32,33)34/h1,8-9,11,13-14,18,24H,6-7,10,12,15H2,2-4H3,(H2,32,33,34)/t24-/m0/s1. The third kappa shape index (κ3) is 6.76. The summed E-state index contributed by atoms with van der Waals surface area (Å²) in [4.78, 5) is 25.9. The molecule has 1 heterocycles. The maximum absolute atomic E-state index is 15.0. The molecule has 0 aliphatic heterocycles. The number of benzene rings is 2. The number of rotatable bonds is 11. The van der Waals surface area contributed by atoms with Crippen LogP contribution in [0.1, 0.15) is 46.9 Å². The molecule has 11 heteroatoms. The Bertz CT molecular complexity index is 1420. The summed E-state index contributed by atoms with van der Waals surface area (Å²) in [5, 5.41) is 1.24. The highest BCUT2D eigenvalue weighted by molar-refractivity contribution is 7.46. The largest absolute Gasteiger partial charge is 0.496 e. The summed E-state index contributed by atoms with van der Waals surface area (Å²) in [5.41, 5.74) is 3.25. The fraction of sp³-hybridized carbons (Fsp3) is 0.370. The van der Waals surface area contributed by atoms with Gasteiger partial charge in [-0.3, -0.25) is 4.52 Å². The van der Waals surface area contributed by atoms with Gasteiger partial charge in [0, 0.05) is 16.0 Å². The van der Waals surface area contributed by atoms with Gasteiger partial charge in [-0.25, -0.2) is 13.9 Å². The number of halogens is 2. The van der Waals surface area contributed by atoms with Crippen LogP contribution < -0.4 is 9.64 Å². The summed E-state index contributed by atoms with van der Waals surface area (Å²) in [6.45, 7) is 3.66. The second kappa shape index (κ2) is 11.7. The lowest BCUT2D eigenvalue weighted by Crippen LogP contribution is -2.29. The summed E-state index contributed by atoms with van der Waals surface area (Å²) >= 11 is 8.10. The van der Waals surface area contributed by atoms with Gasteiger partial charge in [0.1, 0.15) is 11.6 Å². The highest BCUT2D eigenvalue weighted by Gasteiger charge is 2.32. The third-order valence-electron chi connectivity index (χ3n) is 6.51. The van der Waals surface area contributed by atoms with Crippen LogP contribution in [0, 0.1) is 37.9 Å². The molecule has 1 atom stereocenters. The van der Waals surface area contributed by atoms with Crippen LogP contribution in [0.15, 0.2) is 30.3 Å². The topological polar surface area (TPSA) is 92.1 Å². The van der Waals surface area contributed by atoms with Crippen molar-refractivity contribution in [1.82, 2.24) is 4.98 Å². The number of phosphoric ester groups is 1. The Morgan fingerprint density at radius 3 is 2.66 bits per heavy atom. The van der Waals surface area contributed by atoms with Gasteiger partial charge >= 0.3 is 7.82 Å². The molecule has 0 saturated heterocycles. The van der Waals surface area contributed by atoms with Crippen molar-refractivity contribution >= 4 is 35.9 Å². The van der Waals surface area contributed by atoms with E-state index in [2.05, 4.69) is 10.4 Å². The van der Waals surface area contributed by atoms with Crippen LogP contribution in [0.25, 0.3) is 11.3 Å². The molecule has 1 saturated carbocycles. The smallest absolute Gasteiger partial charge is 0.469 e. The number of nitrogens with zero attached hydrogens (tertiary/aromatic N) is 2. The molecule has 1 aliphatic rings. The first-order chi connectivity index (χ1) is 18.0. The molecule has 1 aliphatic carbocycles. The lowest BCUT2D eigenvalue weighted by atomic mass is 9.98. The molecule has 202 valence electrons. The Morgan fingerprint density at radius 2 is 2.05 bits per heavy atom. The third-order valence-corrected chi connectivity index (χ3v) is 8.30. The Hall–Kier alpha value is -2.44. The lowest BCUT2D eigenvalue weighted by molar-refractivity contribution is 0.187. The number of hydrogen-bond donors (Lipinski definition) is 2. The maximum Gasteiger partial charge on any atom is 0.469 e. The highest BCUT2D eigenvalue weighted by atomic mass is 35.5. The first-order valence-corrected chi connectivity index (χ1v) is 14.7. The number of aromatic nitrogens is 1. The van der Waals surface area contributed by atoms with Crippen LogP contribution >= 0.6 is 30.8 Å². The first-order valence-electron chi connectivity index (χ1n) is 12.0. The van der Waals surface area contributed by atoms with Gasteiger partial charge in [0.15, 0.2) is 5.13 Å². The number of anilines is 1. The molecule has 7 nitrogen and oxygen atoms in total. The maximum atomic E-state index is 15.0. The predicted molar refractivity (Wildman–Crippen MR) is 148 cm³/mol. The summed E-state index contributed by atoms with van der Waals surface area (Å²) in [7, 11) is -3.12. The van der Waals surface area contributed by atoms with E-state index in [1.54, 1.807) is 19.2 Å². The van der Waals surface area contributed by atoms with E-state index in [4.69, 9.17) is 37.5 Å². The SMILES string of the molecule is C#CCN(c1nc(-c2cc(C)c(OC)cc2Cl)c(C)s1)[C@@H](CC1CC1)c1ccc(COP(=O)(O)O)c(F)c1. The van der Waals surface area contributed by atoms with E-state index in [9.17, 15) is 8.96 Å². The Kier molecular flexibility index (Phi) is 8.83. The van der Waals surface area contributed by atoms with Crippen molar-refractivity contribution in [2.45, 2.75) is 45.8 Å². The van der Waals surface area contributed by atoms with E-state index < -0.39 is 20.2 Å². The first kappa shape index (κ1) is 28.6. The number of methoxy groups -OCH3 is 1. The molecule has 0 radical (unpaired) electrons. The molecule has 0 amide bonds. The highest BCUT2D eigenvalue weighted by Crippen LogP contribution is 2.45. The van der Waals surface area contributed by atoms with E-state index in [0.29, 0.717) is 27.4 Å². The molecule has 0 unspecified atom stereocenters. The normalized spacial score (nSPS) is 14.3. The van der Waals surface area contributed by atoms with Gasteiger partial charge in [0.25, 0.3) is 0 Å². The Morgan fingerprint density at radius 1 is 1.32 bits per heavy atom. The van der Waals surface area contributed by atoms with Gasteiger partial charge in [0.05, 0.1) is 37.0 Å². The van der Waals surface area contributed by atoms with Crippen molar-refractivity contribution in [1.29, 1.82) is 0 Å². The Labute approximate surface area is 230 Å². The van der Waals surface area contributed by atoms with Crippen molar-refractivity contribution in [2.75, 3.05) is 18.6 Å². The molecule has 4 rings (SSSR count). The van der Waals surface area contributed by atoms with Crippen LogP contribution in [-0.4, -0.2) is 28.4 Å². The minimum atomic E-state index is -4.72. The molecular formula is C27H29ClFN2O5PS. The molecule has 0 bridgehead atoms. The summed E-state index contributed by atoms with van der Waals surface area (Å²) in [6.07, 6.45) is 8.75. The molecule has 3 aromatic rings. The molecule has 1 fully saturated rings. The van der Waals surface area contributed by atoms with Crippen LogP contribution in [0.3, 0.4) is 0 Å². The zero-order valence-electron chi connectivity index (χ0n) is 21.3. The fourth-order valence-electron chi connectivity index (χ4n) is 4.38. The number of thiazole rings is 1. The number of hydrogen-bond acceptors (Lipinski definition) is 6. The van der Waals surface area contributed by atoms with E-state index >= 15 is 0 Å². The number of terminal acetylenes is 1.